The van der Waals surface area contributed by atoms with Crippen LogP contribution in [-0.4, -0.2) is 52.0 Å². The van der Waals surface area contributed by atoms with E-state index in [0.29, 0.717) is 18.0 Å². The lowest BCUT2D eigenvalue weighted by atomic mass is 10.1. The molecule has 0 amide bonds. The molecule has 1 aromatic carbocycles. The molecule has 3 heterocycles. The van der Waals surface area contributed by atoms with Crippen LogP contribution in [0.2, 0.25) is 0 Å². The number of quaternary nitrogens is 1. The number of piperazine rings is 1. The third-order valence-corrected chi connectivity index (χ3v) is 7.71. The van der Waals surface area contributed by atoms with Crippen LogP contribution in [0.5, 0.6) is 0 Å². The molecule has 2 aliphatic heterocycles. The number of nitrogens with zero attached hydrogens (tertiary/aromatic N) is 2. The fourth-order valence-corrected chi connectivity index (χ4v) is 5.67. The number of sulfonamides is 1. The summed E-state index contributed by atoms with van der Waals surface area (Å²) in [5, 5.41) is 0. The van der Waals surface area contributed by atoms with E-state index < -0.39 is 10.0 Å². The minimum absolute atomic E-state index is 0.363. The minimum atomic E-state index is -3.35. The standard InChI is InChI=1S/C21H28N4O2S/c1-18-5-4-6-19(15-18)17-23-11-13-24(14-12-23)21-8-7-20(16-22-21)28(26,27)25-9-2-3-10-25/h4-8,15-16H,2-3,9-14,17H2,1H3/p+2. The number of hydrogen-bond donors (Lipinski definition) is 1. The van der Waals surface area contributed by atoms with Crippen LogP contribution in [0, 0.1) is 6.92 Å². The van der Waals surface area contributed by atoms with E-state index in [4.69, 9.17) is 0 Å². The second kappa shape index (κ2) is 8.19. The van der Waals surface area contributed by atoms with Gasteiger partial charge in [0.1, 0.15) is 43.8 Å². The van der Waals surface area contributed by atoms with Gasteiger partial charge in [-0.1, -0.05) is 29.8 Å². The first kappa shape index (κ1) is 19.4. The maximum atomic E-state index is 12.7. The Kier molecular flexibility index (Phi) is 5.66. The summed E-state index contributed by atoms with van der Waals surface area (Å²) in [7, 11) is -3.35. The summed E-state index contributed by atoms with van der Waals surface area (Å²) < 4.78 is 26.9. The van der Waals surface area contributed by atoms with Crippen LogP contribution in [0.3, 0.4) is 0 Å². The van der Waals surface area contributed by atoms with Crippen molar-refractivity contribution in [1.82, 2.24) is 4.31 Å². The maximum Gasteiger partial charge on any atom is 0.274 e. The van der Waals surface area contributed by atoms with Gasteiger partial charge in [-0.2, -0.15) is 4.31 Å². The molecule has 4 rings (SSSR count). The number of nitrogens with one attached hydrogen (secondary N) is 2. The van der Waals surface area contributed by atoms with Crippen LogP contribution in [0.15, 0.2) is 47.5 Å². The van der Waals surface area contributed by atoms with Crippen molar-refractivity contribution in [3.63, 3.8) is 0 Å². The number of pyridine rings is 1. The van der Waals surface area contributed by atoms with Gasteiger partial charge in [0.05, 0.1) is 0 Å². The molecule has 0 radical (unpaired) electrons. The van der Waals surface area contributed by atoms with Gasteiger partial charge in [0.15, 0.2) is 0 Å². The molecule has 0 unspecified atom stereocenters. The number of hydrogen-bond acceptors (Lipinski definition) is 3. The van der Waals surface area contributed by atoms with Crippen LogP contribution in [0.1, 0.15) is 24.0 Å². The zero-order valence-electron chi connectivity index (χ0n) is 16.5. The molecule has 2 aromatic rings. The Labute approximate surface area is 167 Å². The number of H-pyrrole nitrogens is 1. The van der Waals surface area contributed by atoms with Gasteiger partial charge in [-0.3, -0.25) is 4.90 Å². The average Bonchev–Trinajstić information content (AvgIpc) is 3.25. The van der Waals surface area contributed by atoms with E-state index >= 15 is 0 Å². The van der Waals surface area contributed by atoms with Crippen molar-refractivity contribution < 1.29 is 18.3 Å². The van der Waals surface area contributed by atoms with Gasteiger partial charge in [-0.05, 0) is 25.8 Å². The van der Waals surface area contributed by atoms with Crippen LogP contribution in [-0.2, 0) is 16.6 Å². The van der Waals surface area contributed by atoms with Gasteiger partial charge < -0.3 is 4.90 Å². The van der Waals surface area contributed by atoms with E-state index in [1.165, 1.54) is 11.1 Å². The zero-order chi connectivity index (χ0) is 19.6. The molecule has 28 heavy (non-hydrogen) atoms. The Balaban J connectivity index is 1.36. The van der Waals surface area contributed by atoms with E-state index in [9.17, 15) is 8.42 Å². The molecular weight excluding hydrogens is 372 g/mol. The summed E-state index contributed by atoms with van der Waals surface area (Å²) in [5.74, 6) is 0.995. The molecule has 1 aromatic heterocycles. The molecule has 7 heteroatoms. The Morgan fingerprint density at radius 3 is 2.43 bits per heavy atom. The quantitative estimate of drug-likeness (QED) is 0.792. The van der Waals surface area contributed by atoms with Gasteiger partial charge in [0.25, 0.3) is 5.82 Å². The Bertz CT molecular complexity index is 900. The molecule has 150 valence electrons. The van der Waals surface area contributed by atoms with E-state index in [1.807, 2.05) is 6.07 Å². The van der Waals surface area contributed by atoms with Gasteiger partial charge >= 0.3 is 0 Å². The first-order chi connectivity index (χ1) is 13.5. The number of aryl methyl sites for hydroxylation is 1. The van der Waals surface area contributed by atoms with Crippen molar-refractivity contribution in [3.8, 4) is 0 Å². The predicted octanol–water partition coefficient (Wildman–Crippen LogP) is 0.499. The monoisotopic (exact) mass is 402 g/mol. The lowest BCUT2D eigenvalue weighted by Crippen LogP contribution is -3.13. The van der Waals surface area contributed by atoms with Crippen molar-refractivity contribution in [2.24, 2.45) is 0 Å². The van der Waals surface area contributed by atoms with Gasteiger partial charge in [0, 0.05) is 24.7 Å². The first-order valence-corrected chi connectivity index (χ1v) is 11.6. The molecule has 0 spiro atoms. The zero-order valence-corrected chi connectivity index (χ0v) is 17.3. The number of aromatic amines is 1. The van der Waals surface area contributed by atoms with Crippen LogP contribution < -0.4 is 14.8 Å². The summed E-state index contributed by atoms with van der Waals surface area (Å²) in [4.78, 5) is 7.49. The molecule has 6 nitrogen and oxygen atoms in total. The fraction of sp³-hybridized carbons (Fsp3) is 0.476. The van der Waals surface area contributed by atoms with Crippen molar-refractivity contribution in [2.75, 3.05) is 44.2 Å². The van der Waals surface area contributed by atoms with Gasteiger partial charge in [-0.15, -0.1) is 0 Å². The highest BCUT2D eigenvalue weighted by molar-refractivity contribution is 7.89. The van der Waals surface area contributed by atoms with Crippen LogP contribution in [0.4, 0.5) is 5.82 Å². The third-order valence-electron chi connectivity index (χ3n) is 5.82. The summed E-state index contributed by atoms with van der Waals surface area (Å²) >= 11 is 0. The fourth-order valence-electron chi connectivity index (χ4n) is 4.19. The molecule has 2 saturated heterocycles. The number of aromatic nitrogens is 1. The summed E-state index contributed by atoms with van der Waals surface area (Å²) in [6.45, 7) is 8.56. The first-order valence-electron chi connectivity index (χ1n) is 10.2. The smallest absolute Gasteiger partial charge is 0.274 e. The summed E-state index contributed by atoms with van der Waals surface area (Å²) in [6, 6.07) is 12.4. The minimum Gasteiger partial charge on any atom is -0.325 e. The predicted molar refractivity (Wildman–Crippen MR) is 109 cm³/mol. The molecule has 2 N–H and O–H groups in total. The molecule has 0 bridgehead atoms. The molecule has 2 fully saturated rings. The lowest BCUT2D eigenvalue weighted by Gasteiger charge is -2.28. The molecule has 2 aliphatic rings. The maximum absolute atomic E-state index is 12.7. The van der Waals surface area contributed by atoms with Gasteiger partial charge in [-0.25, -0.2) is 13.4 Å². The van der Waals surface area contributed by atoms with Crippen LogP contribution in [0.25, 0.3) is 0 Å². The summed E-state index contributed by atoms with van der Waals surface area (Å²) in [5.41, 5.74) is 2.71. The summed E-state index contributed by atoms with van der Waals surface area (Å²) in [6.07, 6.45) is 3.56. The molecule has 0 aliphatic carbocycles. The second-order valence-corrected chi connectivity index (χ2v) is 9.86. The Morgan fingerprint density at radius 1 is 1.04 bits per heavy atom. The third kappa shape index (κ3) is 4.21. The van der Waals surface area contributed by atoms with Crippen molar-refractivity contribution in [2.45, 2.75) is 31.2 Å². The highest BCUT2D eigenvalue weighted by Gasteiger charge is 2.30. The highest BCUT2D eigenvalue weighted by Crippen LogP contribution is 2.20. The van der Waals surface area contributed by atoms with E-state index in [0.717, 1.165) is 51.4 Å². The topological polar surface area (TPSA) is 59.2 Å². The van der Waals surface area contributed by atoms with E-state index in [-0.39, 0.29) is 0 Å². The van der Waals surface area contributed by atoms with E-state index in [2.05, 4.69) is 41.1 Å². The van der Waals surface area contributed by atoms with Crippen molar-refractivity contribution in [3.05, 3.63) is 53.7 Å². The molecule has 0 atom stereocenters. The Morgan fingerprint density at radius 2 is 1.79 bits per heavy atom. The normalized spacial score (nSPS) is 19.2. The van der Waals surface area contributed by atoms with Gasteiger partial charge in [0.2, 0.25) is 10.0 Å². The SMILES string of the molecule is Cc1cccc(C[NH+]2CCN(c3ccc(S(=O)(=O)N4CCCC4)c[nH+]3)CC2)c1. The second-order valence-electron chi connectivity index (χ2n) is 7.92. The average molecular weight is 403 g/mol. The lowest BCUT2D eigenvalue weighted by molar-refractivity contribution is -0.914. The molecule has 0 saturated carbocycles. The molecular formula is C21H30N4O2S+2. The number of anilines is 1. The number of rotatable bonds is 5. The Hall–Kier alpha value is -1.96. The number of benzene rings is 1. The van der Waals surface area contributed by atoms with E-state index in [1.54, 1.807) is 21.5 Å². The van der Waals surface area contributed by atoms with Crippen molar-refractivity contribution >= 4 is 15.8 Å². The van der Waals surface area contributed by atoms with Crippen LogP contribution >= 0.6 is 0 Å². The largest absolute Gasteiger partial charge is 0.325 e. The van der Waals surface area contributed by atoms with Crippen molar-refractivity contribution in [1.29, 1.82) is 0 Å². The highest BCUT2D eigenvalue weighted by atomic mass is 32.2.